The molecule has 1 aromatic heterocycles. The highest BCUT2D eigenvalue weighted by molar-refractivity contribution is 7.09. The van der Waals surface area contributed by atoms with E-state index in [9.17, 15) is 4.39 Å². The fourth-order valence-corrected chi connectivity index (χ4v) is 3.28. The molecule has 0 spiro atoms. The molecule has 0 aliphatic heterocycles. The maximum atomic E-state index is 13.4. The number of thiophene rings is 1. The number of hydrogen-bond acceptors (Lipinski definition) is 2. The van der Waals surface area contributed by atoms with E-state index in [0.29, 0.717) is 6.04 Å². The quantitative estimate of drug-likeness (QED) is 0.701. The average molecular weight is 305 g/mol. The second-order valence-electron chi connectivity index (χ2n) is 5.49. The summed E-state index contributed by atoms with van der Waals surface area (Å²) in [5, 5.41) is 5.72. The Labute approximate surface area is 131 Å². The third kappa shape index (κ3) is 4.94. The lowest BCUT2D eigenvalue weighted by molar-refractivity contribution is 0.483. The minimum absolute atomic E-state index is 0.119. The van der Waals surface area contributed by atoms with Crippen molar-refractivity contribution in [3.05, 3.63) is 57.5 Å². The summed E-state index contributed by atoms with van der Waals surface area (Å²) in [5.41, 5.74) is 1.93. The molecule has 0 aliphatic carbocycles. The molecule has 0 saturated carbocycles. The zero-order valence-electron chi connectivity index (χ0n) is 12.9. The summed E-state index contributed by atoms with van der Waals surface area (Å²) in [6.45, 7) is 5.01. The van der Waals surface area contributed by atoms with Crippen LogP contribution in [0.3, 0.4) is 0 Å². The van der Waals surface area contributed by atoms with Crippen molar-refractivity contribution in [2.75, 3.05) is 6.54 Å². The Morgan fingerprint density at radius 3 is 2.81 bits per heavy atom. The van der Waals surface area contributed by atoms with Gasteiger partial charge in [0.05, 0.1) is 0 Å². The van der Waals surface area contributed by atoms with Crippen molar-refractivity contribution in [3.8, 4) is 0 Å². The molecule has 1 unspecified atom stereocenters. The van der Waals surface area contributed by atoms with Crippen LogP contribution in [0.15, 0.2) is 35.7 Å². The normalized spacial score (nSPS) is 12.5. The molecule has 0 fully saturated rings. The van der Waals surface area contributed by atoms with Gasteiger partial charge in [0, 0.05) is 10.9 Å². The highest BCUT2D eigenvalue weighted by atomic mass is 32.1. The fraction of sp³-hybridized carbons (Fsp3) is 0.444. The van der Waals surface area contributed by atoms with E-state index in [1.807, 2.05) is 30.4 Å². The monoisotopic (exact) mass is 305 g/mol. The lowest BCUT2D eigenvalue weighted by atomic mass is 9.98. The van der Waals surface area contributed by atoms with Gasteiger partial charge in [-0.25, -0.2) is 4.39 Å². The molecule has 1 nitrogen and oxygen atoms in total. The standard InChI is InChI=1S/C18H24FNS/c1-3-11-20-18(8-4-6-16-7-5-12-21-16)15-9-10-17(19)14(2)13-15/h5,7,9-10,12-13,18,20H,3-4,6,8,11H2,1-2H3. The molecule has 1 aromatic carbocycles. The molecule has 1 atom stereocenters. The molecule has 21 heavy (non-hydrogen) atoms. The summed E-state index contributed by atoms with van der Waals surface area (Å²) in [4.78, 5) is 1.44. The van der Waals surface area contributed by atoms with Gasteiger partial charge in [-0.1, -0.05) is 25.1 Å². The predicted molar refractivity (Wildman–Crippen MR) is 89.4 cm³/mol. The first-order valence-corrected chi connectivity index (χ1v) is 8.60. The molecule has 0 amide bonds. The Balaban J connectivity index is 1.97. The van der Waals surface area contributed by atoms with Crippen LogP contribution in [0, 0.1) is 12.7 Å². The van der Waals surface area contributed by atoms with Crippen molar-refractivity contribution < 1.29 is 4.39 Å². The van der Waals surface area contributed by atoms with Gasteiger partial charge in [0.2, 0.25) is 0 Å². The summed E-state index contributed by atoms with van der Waals surface area (Å²) < 4.78 is 13.4. The molecule has 2 aromatic rings. The maximum absolute atomic E-state index is 13.4. The van der Waals surface area contributed by atoms with Crippen LogP contribution in [0.1, 0.15) is 48.2 Å². The van der Waals surface area contributed by atoms with Crippen LogP contribution in [0.25, 0.3) is 0 Å². The summed E-state index contributed by atoms with van der Waals surface area (Å²) in [6.07, 6.45) is 4.48. The number of aryl methyl sites for hydroxylation is 2. The molecule has 1 heterocycles. The highest BCUT2D eigenvalue weighted by Crippen LogP contribution is 2.23. The molecular weight excluding hydrogens is 281 g/mol. The summed E-state index contributed by atoms with van der Waals surface area (Å²) in [5.74, 6) is -0.119. The Kier molecular flexibility index (Phi) is 6.40. The number of halogens is 1. The summed E-state index contributed by atoms with van der Waals surface area (Å²) in [7, 11) is 0. The third-order valence-electron chi connectivity index (χ3n) is 3.72. The largest absolute Gasteiger partial charge is 0.310 e. The van der Waals surface area contributed by atoms with E-state index in [1.165, 1.54) is 10.4 Å². The van der Waals surface area contributed by atoms with Crippen LogP contribution in [0.2, 0.25) is 0 Å². The van der Waals surface area contributed by atoms with Gasteiger partial charge in [0.15, 0.2) is 0 Å². The lowest BCUT2D eigenvalue weighted by Crippen LogP contribution is -2.22. The average Bonchev–Trinajstić information content (AvgIpc) is 2.99. The number of rotatable bonds is 8. The van der Waals surface area contributed by atoms with E-state index >= 15 is 0 Å². The topological polar surface area (TPSA) is 12.0 Å². The van der Waals surface area contributed by atoms with E-state index in [4.69, 9.17) is 0 Å². The second-order valence-corrected chi connectivity index (χ2v) is 6.52. The van der Waals surface area contributed by atoms with E-state index in [0.717, 1.165) is 37.8 Å². The highest BCUT2D eigenvalue weighted by Gasteiger charge is 2.12. The minimum Gasteiger partial charge on any atom is -0.310 e. The van der Waals surface area contributed by atoms with Crippen molar-refractivity contribution in [1.29, 1.82) is 0 Å². The molecule has 2 rings (SSSR count). The Morgan fingerprint density at radius 2 is 2.14 bits per heavy atom. The molecule has 0 bridgehead atoms. The van der Waals surface area contributed by atoms with Gasteiger partial charge >= 0.3 is 0 Å². The molecule has 1 N–H and O–H groups in total. The minimum atomic E-state index is -0.119. The van der Waals surface area contributed by atoms with Crippen molar-refractivity contribution in [2.24, 2.45) is 0 Å². The van der Waals surface area contributed by atoms with Gasteiger partial charge < -0.3 is 5.32 Å². The van der Waals surface area contributed by atoms with Gasteiger partial charge in [-0.05, 0) is 67.8 Å². The van der Waals surface area contributed by atoms with Crippen molar-refractivity contribution in [1.82, 2.24) is 5.32 Å². The first-order valence-electron chi connectivity index (χ1n) is 7.72. The van der Waals surface area contributed by atoms with Crippen molar-refractivity contribution >= 4 is 11.3 Å². The number of hydrogen-bond donors (Lipinski definition) is 1. The number of nitrogens with one attached hydrogen (secondary N) is 1. The zero-order chi connectivity index (χ0) is 15.1. The Bertz CT molecular complexity index is 536. The van der Waals surface area contributed by atoms with E-state index in [2.05, 4.69) is 29.8 Å². The van der Waals surface area contributed by atoms with Crippen molar-refractivity contribution in [3.63, 3.8) is 0 Å². The first kappa shape index (κ1) is 16.2. The first-order chi connectivity index (χ1) is 10.2. The fourth-order valence-electron chi connectivity index (χ4n) is 2.53. The number of benzene rings is 1. The van der Waals surface area contributed by atoms with E-state index in [1.54, 1.807) is 6.07 Å². The zero-order valence-corrected chi connectivity index (χ0v) is 13.7. The van der Waals surface area contributed by atoms with Gasteiger partial charge in [-0.2, -0.15) is 0 Å². The van der Waals surface area contributed by atoms with Gasteiger partial charge in [-0.3, -0.25) is 0 Å². The van der Waals surface area contributed by atoms with Crippen LogP contribution in [-0.4, -0.2) is 6.54 Å². The van der Waals surface area contributed by atoms with Crippen LogP contribution in [0.4, 0.5) is 4.39 Å². The smallest absolute Gasteiger partial charge is 0.126 e. The van der Waals surface area contributed by atoms with Gasteiger partial charge in [-0.15, -0.1) is 11.3 Å². The lowest BCUT2D eigenvalue weighted by Gasteiger charge is -2.19. The molecule has 114 valence electrons. The van der Waals surface area contributed by atoms with Crippen LogP contribution >= 0.6 is 11.3 Å². The molecular formula is C18H24FNS. The molecule has 0 aliphatic rings. The van der Waals surface area contributed by atoms with Crippen LogP contribution in [-0.2, 0) is 6.42 Å². The van der Waals surface area contributed by atoms with Crippen LogP contribution in [0.5, 0.6) is 0 Å². The van der Waals surface area contributed by atoms with E-state index in [-0.39, 0.29) is 5.82 Å². The van der Waals surface area contributed by atoms with Gasteiger partial charge in [0.25, 0.3) is 0 Å². The Morgan fingerprint density at radius 1 is 1.29 bits per heavy atom. The van der Waals surface area contributed by atoms with Gasteiger partial charge in [0.1, 0.15) is 5.82 Å². The van der Waals surface area contributed by atoms with Crippen molar-refractivity contribution in [2.45, 2.75) is 45.6 Å². The molecule has 0 saturated heterocycles. The SMILES string of the molecule is CCCNC(CCCc1cccs1)c1ccc(F)c(C)c1. The molecule has 3 heteroatoms. The summed E-state index contributed by atoms with van der Waals surface area (Å²) in [6, 6.07) is 10.1. The van der Waals surface area contributed by atoms with E-state index < -0.39 is 0 Å². The molecule has 0 radical (unpaired) electrons. The van der Waals surface area contributed by atoms with Crippen LogP contribution < -0.4 is 5.32 Å². The Hall–Kier alpha value is -1.19. The second kappa shape index (κ2) is 8.30. The third-order valence-corrected chi connectivity index (χ3v) is 4.66. The predicted octanol–water partition coefficient (Wildman–Crippen LogP) is 5.26. The maximum Gasteiger partial charge on any atom is 0.126 e. The summed E-state index contributed by atoms with van der Waals surface area (Å²) >= 11 is 1.82.